The zero-order valence-corrected chi connectivity index (χ0v) is 37.8. The van der Waals surface area contributed by atoms with Crippen LogP contribution in [0.2, 0.25) is 0 Å². The molecular weight excluding hydrogens is 853 g/mol. The number of hydrogen-bond acceptors (Lipinski definition) is 4. The van der Waals surface area contributed by atoms with Crippen molar-refractivity contribution >= 4 is 99.3 Å². The predicted octanol–water partition coefficient (Wildman–Crippen LogP) is 16.9. The Morgan fingerprint density at radius 2 is 0.629 bits per heavy atom. The first-order valence-electron chi connectivity index (χ1n) is 23.4. The van der Waals surface area contributed by atoms with Gasteiger partial charge < -0.3 is 18.9 Å². The van der Waals surface area contributed by atoms with Gasteiger partial charge in [-0.2, -0.15) is 10.5 Å². The van der Waals surface area contributed by atoms with Gasteiger partial charge >= 0.3 is 0 Å². The molecule has 11 aromatic carbocycles. The third kappa shape index (κ3) is 6.40. The Bertz CT molecular complexity index is 3900. The summed E-state index contributed by atoms with van der Waals surface area (Å²) in [5, 5.41) is 30.9. The first-order chi connectivity index (χ1) is 34.7. The summed E-state index contributed by atoms with van der Waals surface area (Å²) in [5.41, 5.74) is 12.2. The number of hydrogen-bond donors (Lipinski definition) is 0. The van der Waals surface area contributed by atoms with E-state index in [2.05, 4.69) is 243 Å². The molecule has 6 nitrogen and oxygen atoms in total. The second-order valence-electron chi connectivity index (χ2n) is 17.6. The zero-order chi connectivity index (χ0) is 46.7. The van der Waals surface area contributed by atoms with Crippen LogP contribution in [0.1, 0.15) is 11.1 Å². The smallest absolute Gasteiger partial charge is 0.101 e. The second-order valence-corrected chi connectivity index (χ2v) is 17.6. The third-order valence-electron chi connectivity index (χ3n) is 13.7. The van der Waals surface area contributed by atoms with E-state index in [-0.39, 0.29) is 0 Å². The van der Waals surface area contributed by atoms with Crippen LogP contribution in [0.15, 0.2) is 243 Å². The van der Waals surface area contributed by atoms with E-state index in [0.29, 0.717) is 22.5 Å². The van der Waals surface area contributed by atoms with Crippen molar-refractivity contribution in [3.63, 3.8) is 0 Å². The molecule has 0 N–H and O–H groups in total. The van der Waals surface area contributed by atoms with Crippen molar-refractivity contribution in [3.05, 3.63) is 254 Å². The summed E-state index contributed by atoms with van der Waals surface area (Å²) in [5.74, 6) is 0. The Kier molecular flexibility index (Phi) is 9.50. The highest BCUT2D eigenvalue weighted by Gasteiger charge is 2.25. The maximum Gasteiger partial charge on any atom is 0.101 e. The van der Waals surface area contributed by atoms with Gasteiger partial charge in [0.2, 0.25) is 0 Å². The van der Waals surface area contributed by atoms with Gasteiger partial charge in [0.25, 0.3) is 0 Å². The van der Waals surface area contributed by atoms with Crippen molar-refractivity contribution in [1.82, 2.24) is 9.13 Å². The monoisotopic (exact) mass is 892 g/mol. The quantitative estimate of drug-likeness (QED) is 0.152. The van der Waals surface area contributed by atoms with E-state index in [0.717, 1.165) is 99.3 Å². The summed E-state index contributed by atoms with van der Waals surface area (Å²) in [7, 11) is 0. The molecule has 0 fully saturated rings. The highest BCUT2D eigenvalue weighted by atomic mass is 15.1. The minimum atomic E-state index is 0.404. The molecule has 0 atom stereocenters. The molecule has 6 heteroatoms. The Hall–Kier alpha value is -9.88. The lowest BCUT2D eigenvalue weighted by molar-refractivity contribution is 1.12. The molecule has 0 aliphatic heterocycles. The van der Waals surface area contributed by atoms with Crippen molar-refractivity contribution in [1.29, 1.82) is 10.5 Å². The number of aromatic nitrogens is 2. The number of nitrogens with zero attached hydrogens (tertiary/aromatic N) is 6. The summed E-state index contributed by atoms with van der Waals surface area (Å²) >= 11 is 0. The fourth-order valence-electron chi connectivity index (χ4n) is 10.7. The molecule has 2 aromatic heterocycles. The zero-order valence-electron chi connectivity index (χ0n) is 37.8. The number of anilines is 6. The van der Waals surface area contributed by atoms with E-state index in [1.54, 1.807) is 6.07 Å². The standard InChI is InChI=1S/C64H40N6/c65-41-45-37-46(42-66)62(70-58-36-32-52(68(49-23-9-3-10-24-49)50-25-11-4-12-26-50)39-56(58)64-54-28-16-14-18-44(54)30-34-60(64)70)40-61(45)69-57-35-31-51(67(47-19-5-1-6-20-47)48-21-7-2-8-22-48)38-55(57)63-53-27-15-13-17-43(53)29-33-59(63)69/h1-40H. The molecule has 0 amide bonds. The molecule has 2 heterocycles. The van der Waals surface area contributed by atoms with E-state index in [1.165, 1.54) is 0 Å². The highest BCUT2D eigenvalue weighted by Crippen LogP contribution is 2.45. The molecule has 70 heavy (non-hydrogen) atoms. The molecule has 0 spiro atoms. The van der Waals surface area contributed by atoms with Gasteiger partial charge in [-0.25, -0.2) is 0 Å². The van der Waals surface area contributed by atoms with E-state index in [1.807, 2.05) is 24.3 Å². The van der Waals surface area contributed by atoms with Gasteiger partial charge in [0.1, 0.15) is 12.1 Å². The van der Waals surface area contributed by atoms with Crippen LogP contribution in [-0.4, -0.2) is 9.13 Å². The van der Waals surface area contributed by atoms with Crippen LogP contribution >= 0.6 is 0 Å². The van der Waals surface area contributed by atoms with Crippen LogP contribution in [0, 0.1) is 22.7 Å². The number of fused-ring (bicyclic) bond motifs is 10. The lowest BCUT2D eigenvalue weighted by Crippen LogP contribution is -2.09. The molecule has 0 bridgehead atoms. The SMILES string of the molecule is N#Cc1cc(C#N)c(-n2c3ccc(N(c4ccccc4)c4ccccc4)cc3c3c4ccccc4ccc32)cc1-n1c2ccc(N(c3ccccc3)c3ccccc3)cc2c2c3ccccc3ccc21. The van der Waals surface area contributed by atoms with Gasteiger partial charge in [-0.1, -0.05) is 133 Å². The maximum atomic E-state index is 11.1. The van der Waals surface area contributed by atoms with Crippen molar-refractivity contribution in [2.75, 3.05) is 9.80 Å². The molecule has 0 aliphatic carbocycles. The lowest BCUT2D eigenvalue weighted by Gasteiger charge is -2.25. The van der Waals surface area contributed by atoms with Gasteiger partial charge in [0.05, 0.1) is 44.6 Å². The average molecular weight is 893 g/mol. The lowest BCUT2D eigenvalue weighted by atomic mass is 10.0. The Morgan fingerprint density at radius 3 is 1.00 bits per heavy atom. The average Bonchev–Trinajstić information content (AvgIpc) is 3.94. The van der Waals surface area contributed by atoms with Gasteiger partial charge in [-0.05, 0) is 131 Å². The maximum absolute atomic E-state index is 11.1. The van der Waals surface area contributed by atoms with Crippen molar-refractivity contribution in [3.8, 4) is 23.5 Å². The van der Waals surface area contributed by atoms with Crippen molar-refractivity contribution in [2.24, 2.45) is 0 Å². The Balaban J connectivity index is 1.09. The molecule has 0 aliphatic rings. The van der Waals surface area contributed by atoms with Gasteiger partial charge in [0.15, 0.2) is 0 Å². The fraction of sp³-hybridized carbons (Fsp3) is 0. The summed E-state index contributed by atoms with van der Waals surface area (Å²) < 4.78 is 4.44. The Labute approximate surface area is 404 Å². The van der Waals surface area contributed by atoms with E-state index in [9.17, 15) is 10.5 Å². The minimum Gasteiger partial charge on any atom is -0.310 e. The molecule has 0 saturated heterocycles. The van der Waals surface area contributed by atoms with Gasteiger partial charge in [-0.15, -0.1) is 0 Å². The summed E-state index contributed by atoms with van der Waals surface area (Å²) in [4.78, 5) is 4.56. The molecule has 326 valence electrons. The normalized spacial score (nSPS) is 11.4. The Morgan fingerprint density at radius 1 is 0.286 bits per heavy atom. The van der Waals surface area contributed by atoms with Crippen LogP contribution in [0.3, 0.4) is 0 Å². The molecule has 13 rings (SSSR count). The summed E-state index contributed by atoms with van der Waals surface area (Å²) in [6, 6.07) is 89.5. The number of benzene rings is 11. The van der Waals surface area contributed by atoms with Crippen LogP contribution in [0.25, 0.3) is 76.5 Å². The fourth-order valence-corrected chi connectivity index (χ4v) is 10.7. The molecule has 0 unspecified atom stereocenters. The van der Waals surface area contributed by atoms with Crippen LogP contribution in [-0.2, 0) is 0 Å². The first-order valence-corrected chi connectivity index (χ1v) is 23.4. The van der Waals surface area contributed by atoms with E-state index in [4.69, 9.17) is 0 Å². The number of nitriles is 2. The van der Waals surface area contributed by atoms with Gasteiger partial charge in [0, 0.05) is 55.7 Å². The van der Waals surface area contributed by atoms with Crippen LogP contribution in [0.4, 0.5) is 34.1 Å². The van der Waals surface area contributed by atoms with Gasteiger partial charge in [-0.3, -0.25) is 0 Å². The molecular formula is C64H40N6. The molecule has 0 radical (unpaired) electrons. The van der Waals surface area contributed by atoms with E-state index < -0.39 is 0 Å². The van der Waals surface area contributed by atoms with Crippen molar-refractivity contribution < 1.29 is 0 Å². The first kappa shape index (κ1) is 40.4. The number of para-hydroxylation sites is 4. The van der Waals surface area contributed by atoms with Crippen LogP contribution in [0.5, 0.6) is 0 Å². The topological polar surface area (TPSA) is 63.9 Å². The third-order valence-corrected chi connectivity index (χ3v) is 13.7. The number of rotatable bonds is 8. The van der Waals surface area contributed by atoms with E-state index >= 15 is 0 Å². The summed E-state index contributed by atoms with van der Waals surface area (Å²) in [6.07, 6.45) is 0. The largest absolute Gasteiger partial charge is 0.310 e. The summed E-state index contributed by atoms with van der Waals surface area (Å²) in [6.45, 7) is 0. The predicted molar refractivity (Wildman–Crippen MR) is 289 cm³/mol. The highest BCUT2D eigenvalue weighted by molar-refractivity contribution is 6.23. The minimum absolute atomic E-state index is 0.404. The van der Waals surface area contributed by atoms with Crippen LogP contribution < -0.4 is 9.80 Å². The molecule has 13 aromatic rings. The van der Waals surface area contributed by atoms with Crippen molar-refractivity contribution in [2.45, 2.75) is 0 Å². The second kappa shape index (κ2) is 16.5. The molecule has 0 saturated carbocycles.